The van der Waals surface area contributed by atoms with Gasteiger partial charge in [-0.1, -0.05) is 25.3 Å². The highest BCUT2D eigenvalue weighted by molar-refractivity contribution is 7.10. The second-order valence-corrected chi connectivity index (χ2v) is 5.94. The molecular weight excluding hydrogens is 260 g/mol. The predicted octanol–water partition coefficient (Wildman–Crippen LogP) is 2.93. The van der Waals surface area contributed by atoms with Gasteiger partial charge in [0.15, 0.2) is 0 Å². The molecule has 0 aliphatic heterocycles. The van der Waals surface area contributed by atoms with Gasteiger partial charge in [0.05, 0.1) is 0 Å². The molecule has 0 saturated heterocycles. The molecule has 1 aromatic rings. The van der Waals surface area contributed by atoms with E-state index in [0.29, 0.717) is 0 Å². The van der Waals surface area contributed by atoms with Crippen LogP contribution in [0.15, 0.2) is 23.7 Å². The van der Waals surface area contributed by atoms with Crippen molar-refractivity contribution in [3.63, 3.8) is 0 Å². The van der Waals surface area contributed by atoms with E-state index < -0.39 is 12.0 Å². The summed E-state index contributed by atoms with van der Waals surface area (Å²) in [5.41, 5.74) is 0. The maximum absolute atomic E-state index is 11.4. The smallest absolute Gasteiger partial charge is 0.328 e. The van der Waals surface area contributed by atoms with Crippen LogP contribution in [0.3, 0.4) is 0 Å². The number of carboxylic acids is 1. The predicted molar refractivity (Wildman–Crippen MR) is 77.4 cm³/mol. The summed E-state index contributed by atoms with van der Waals surface area (Å²) in [6, 6.07) is 3.32. The number of carbonyl (C=O) groups is 1. The van der Waals surface area contributed by atoms with E-state index in [4.69, 9.17) is 5.84 Å². The molecule has 3 N–H and O–H groups in total. The Morgan fingerprint density at radius 2 is 2.21 bits per heavy atom. The minimum atomic E-state index is -0.828. The summed E-state index contributed by atoms with van der Waals surface area (Å²) < 4.78 is 0. The number of hydrogen-bond acceptors (Lipinski definition) is 4. The van der Waals surface area contributed by atoms with Crippen LogP contribution in [0.2, 0.25) is 0 Å². The highest BCUT2D eigenvalue weighted by Crippen LogP contribution is 2.28. The van der Waals surface area contributed by atoms with Gasteiger partial charge in [0.1, 0.15) is 6.04 Å². The van der Waals surface area contributed by atoms with Crippen LogP contribution in [0.25, 0.3) is 6.08 Å². The first-order valence-corrected chi connectivity index (χ1v) is 7.54. The van der Waals surface area contributed by atoms with Crippen molar-refractivity contribution in [3.8, 4) is 0 Å². The largest absolute Gasteiger partial charge is 0.480 e. The molecule has 1 fully saturated rings. The molecule has 5 heteroatoms. The van der Waals surface area contributed by atoms with E-state index in [1.54, 1.807) is 17.5 Å². The Kier molecular flexibility index (Phi) is 4.99. The van der Waals surface area contributed by atoms with Gasteiger partial charge in [0, 0.05) is 11.1 Å². The van der Waals surface area contributed by atoms with Crippen molar-refractivity contribution in [2.75, 3.05) is 0 Å². The molecule has 1 unspecified atom stereocenters. The molecule has 1 saturated carbocycles. The fraction of sp³-hybridized carbons (Fsp3) is 0.500. The lowest BCUT2D eigenvalue weighted by Crippen LogP contribution is -2.47. The minimum Gasteiger partial charge on any atom is -0.480 e. The van der Waals surface area contributed by atoms with Crippen LogP contribution in [-0.2, 0) is 4.79 Å². The molecule has 1 aromatic heterocycles. The summed E-state index contributed by atoms with van der Waals surface area (Å²) in [6.07, 6.45) is 8.88. The van der Waals surface area contributed by atoms with Crippen molar-refractivity contribution in [2.24, 2.45) is 11.8 Å². The number of carboxylic acid groups (broad SMARTS) is 1. The zero-order chi connectivity index (χ0) is 13.7. The third kappa shape index (κ3) is 3.81. The highest BCUT2D eigenvalue weighted by atomic mass is 32.1. The molecule has 4 nitrogen and oxygen atoms in total. The van der Waals surface area contributed by atoms with Crippen LogP contribution >= 0.6 is 11.3 Å². The second kappa shape index (κ2) is 6.73. The van der Waals surface area contributed by atoms with E-state index in [2.05, 4.69) is 0 Å². The number of nitrogens with zero attached hydrogens (tertiary/aromatic N) is 1. The molecule has 1 atom stereocenters. The summed E-state index contributed by atoms with van der Waals surface area (Å²) in [5.74, 6) is 5.26. The van der Waals surface area contributed by atoms with Crippen molar-refractivity contribution in [1.29, 1.82) is 0 Å². The lowest BCUT2D eigenvalue weighted by Gasteiger charge is -2.32. The zero-order valence-electron chi connectivity index (χ0n) is 10.9. The normalized spacial score (nSPS) is 18.6. The SMILES string of the molecule is NN(C=Cc1cccs1)C(C(=O)O)C1CCCCC1. The molecule has 104 valence electrons. The second-order valence-electron chi connectivity index (χ2n) is 4.96. The lowest BCUT2D eigenvalue weighted by molar-refractivity contribution is -0.144. The van der Waals surface area contributed by atoms with Gasteiger partial charge in [-0.05, 0) is 36.3 Å². The van der Waals surface area contributed by atoms with Crippen LogP contribution in [0.5, 0.6) is 0 Å². The topological polar surface area (TPSA) is 66.6 Å². The summed E-state index contributed by atoms with van der Waals surface area (Å²) in [5, 5.41) is 12.7. The van der Waals surface area contributed by atoms with Crippen LogP contribution in [0, 0.1) is 5.92 Å². The quantitative estimate of drug-likeness (QED) is 0.643. The summed E-state index contributed by atoms with van der Waals surface area (Å²) in [4.78, 5) is 12.5. The monoisotopic (exact) mass is 280 g/mol. The fourth-order valence-corrected chi connectivity index (χ4v) is 3.27. The van der Waals surface area contributed by atoms with Gasteiger partial charge in [-0.25, -0.2) is 10.6 Å². The van der Waals surface area contributed by atoms with E-state index >= 15 is 0 Å². The van der Waals surface area contributed by atoms with Crippen molar-refractivity contribution >= 4 is 23.4 Å². The van der Waals surface area contributed by atoms with Crippen molar-refractivity contribution in [2.45, 2.75) is 38.1 Å². The molecule has 0 radical (unpaired) electrons. The Morgan fingerprint density at radius 3 is 2.79 bits per heavy atom. The van der Waals surface area contributed by atoms with Crippen LogP contribution < -0.4 is 5.84 Å². The third-order valence-corrected chi connectivity index (χ3v) is 4.46. The molecular formula is C14H20N2O2S. The summed E-state index contributed by atoms with van der Waals surface area (Å²) in [7, 11) is 0. The number of rotatable bonds is 5. The molecule has 0 aromatic carbocycles. The number of hydrazine groups is 1. The van der Waals surface area contributed by atoms with Crippen LogP contribution in [-0.4, -0.2) is 22.1 Å². The Balaban J connectivity index is 2.03. The first-order chi connectivity index (χ1) is 9.18. The van der Waals surface area contributed by atoms with E-state index in [0.717, 1.165) is 30.6 Å². The van der Waals surface area contributed by atoms with Gasteiger partial charge in [-0.2, -0.15) is 0 Å². The number of thiophene rings is 1. The standard InChI is InChI=1S/C14H20N2O2S/c15-16(9-8-12-7-4-10-19-12)13(14(17)18)11-5-2-1-3-6-11/h4,7-11,13H,1-3,5-6,15H2,(H,17,18). The van der Waals surface area contributed by atoms with Crippen molar-refractivity contribution in [3.05, 3.63) is 28.6 Å². The molecule has 0 spiro atoms. The molecule has 0 bridgehead atoms. The average Bonchev–Trinajstić information content (AvgIpc) is 2.90. The summed E-state index contributed by atoms with van der Waals surface area (Å²) >= 11 is 1.60. The Bertz CT molecular complexity index is 425. The van der Waals surface area contributed by atoms with Crippen LogP contribution in [0.4, 0.5) is 0 Å². The maximum atomic E-state index is 11.4. The van der Waals surface area contributed by atoms with Gasteiger partial charge in [0.25, 0.3) is 0 Å². The van der Waals surface area contributed by atoms with E-state index in [-0.39, 0.29) is 5.92 Å². The van der Waals surface area contributed by atoms with Crippen molar-refractivity contribution < 1.29 is 9.90 Å². The molecule has 0 amide bonds. The lowest BCUT2D eigenvalue weighted by atomic mass is 9.83. The zero-order valence-corrected chi connectivity index (χ0v) is 11.7. The molecule has 19 heavy (non-hydrogen) atoms. The maximum Gasteiger partial charge on any atom is 0.328 e. The molecule has 1 aliphatic rings. The first-order valence-electron chi connectivity index (χ1n) is 6.66. The number of hydrogen-bond donors (Lipinski definition) is 2. The van der Waals surface area contributed by atoms with Gasteiger partial charge < -0.3 is 10.1 Å². The van der Waals surface area contributed by atoms with Crippen molar-refractivity contribution in [1.82, 2.24) is 5.01 Å². The first kappa shape index (κ1) is 14.1. The van der Waals surface area contributed by atoms with Gasteiger partial charge in [-0.3, -0.25) is 0 Å². The van der Waals surface area contributed by atoms with Gasteiger partial charge in [0.2, 0.25) is 0 Å². The van der Waals surface area contributed by atoms with Gasteiger partial charge >= 0.3 is 5.97 Å². The van der Waals surface area contributed by atoms with E-state index in [1.165, 1.54) is 11.4 Å². The van der Waals surface area contributed by atoms with Crippen LogP contribution in [0.1, 0.15) is 37.0 Å². The highest BCUT2D eigenvalue weighted by Gasteiger charge is 2.32. The molecule has 1 aliphatic carbocycles. The Labute approximate surface area is 117 Å². The fourth-order valence-electron chi connectivity index (χ4n) is 2.66. The number of aliphatic carboxylic acids is 1. The molecule has 2 rings (SSSR count). The third-order valence-electron chi connectivity index (χ3n) is 3.62. The molecule has 1 heterocycles. The van der Waals surface area contributed by atoms with E-state index in [1.807, 2.05) is 23.6 Å². The Hall–Kier alpha value is -1.33. The van der Waals surface area contributed by atoms with E-state index in [9.17, 15) is 9.90 Å². The van der Waals surface area contributed by atoms with Gasteiger partial charge in [-0.15, -0.1) is 11.3 Å². The minimum absolute atomic E-state index is 0.157. The number of nitrogens with two attached hydrogens (primary N) is 1. The Morgan fingerprint density at radius 1 is 1.47 bits per heavy atom. The summed E-state index contributed by atoms with van der Waals surface area (Å²) in [6.45, 7) is 0. The average molecular weight is 280 g/mol.